The van der Waals surface area contributed by atoms with Crippen LogP contribution in [0.4, 0.5) is 0 Å². The van der Waals surface area contributed by atoms with E-state index in [2.05, 4.69) is 20.9 Å². The maximum absolute atomic E-state index is 11.8. The van der Waals surface area contributed by atoms with E-state index in [4.69, 9.17) is 21.4 Å². The fraction of sp³-hybridized carbons (Fsp3) is 0.286. The second-order valence-corrected chi connectivity index (χ2v) is 7.17. The zero-order valence-corrected chi connectivity index (χ0v) is 16.8. The van der Waals surface area contributed by atoms with Crippen LogP contribution in [-0.4, -0.2) is 39.2 Å². The van der Waals surface area contributed by atoms with Crippen molar-refractivity contribution < 1.29 is 13.9 Å². The molecule has 3 aromatic rings. The molecule has 1 aliphatic rings. The number of carbonyl (C=O) groups is 1. The highest BCUT2D eigenvalue weighted by molar-refractivity contribution is 7.80. The Morgan fingerprint density at radius 1 is 1.28 bits per heavy atom. The van der Waals surface area contributed by atoms with Crippen molar-refractivity contribution in [2.24, 2.45) is 0 Å². The quantitative estimate of drug-likeness (QED) is 0.474. The Kier molecular flexibility index (Phi) is 5.62. The topological polar surface area (TPSA) is 72.5 Å². The van der Waals surface area contributed by atoms with Gasteiger partial charge >= 0.3 is 5.97 Å². The van der Waals surface area contributed by atoms with E-state index in [-0.39, 0.29) is 24.5 Å². The van der Waals surface area contributed by atoms with Crippen molar-refractivity contribution in [1.82, 2.24) is 19.8 Å². The van der Waals surface area contributed by atoms with E-state index >= 15 is 0 Å². The van der Waals surface area contributed by atoms with Crippen LogP contribution < -0.4 is 5.32 Å². The van der Waals surface area contributed by atoms with Crippen LogP contribution in [0.3, 0.4) is 0 Å². The minimum Gasteiger partial charge on any atom is -0.469 e. The number of furan rings is 1. The highest BCUT2D eigenvalue weighted by Crippen LogP contribution is 2.39. The van der Waals surface area contributed by atoms with Crippen LogP contribution in [0.1, 0.15) is 35.7 Å². The molecule has 0 aromatic carbocycles. The minimum absolute atomic E-state index is 0.119. The predicted octanol–water partition coefficient (Wildman–Crippen LogP) is 3.06. The van der Waals surface area contributed by atoms with Crippen molar-refractivity contribution in [3.8, 4) is 0 Å². The molecule has 0 radical (unpaired) electrons. The average molecular weight is 410 g/mol. The van der Waals surface area contributed by atoms with E-state index in [1.165, 1.54) is 7.11 Å². The second kappa shape index (κ2) is 8.48. The number of rotatable bonds is 7. The number of esters is 1. The predicted molar refractivity (Wildman–Crippen MR) is 111 cm³/mol. The molecule has 4 rings (SSSR count). The summed E-state index contributed by atoms with van der Waals surface area (Å²) in [6.45, 7) is 1.07. The summed E-state index contributed by atoms with van der Waals surface area (Å²) in [5.74, 6) is 0.602. The lowest BCUT2D eigenvalue weighted by atomic mass is 10.0. The smallest absolute Gasteiger partial charge is 0.307 e. The van der Waals surface area contributed by atoms with Crippen LogP contribution in [-0.2, 0) is 16.1 Å². The van der Waals surface area contributed by atoms with E-state index in [1.807, 2.05) is 47.5 Å². The molecule has 1 fully saturated rings. The van der Waals surface area contributed by atoms with Gasteiger partial charge in [-0.25, -0.2) is 0 Å². The number of pyridine rings is 1. The first-order valence-corrected chi connectivity index (χ1v) is 9.80. The highest BCUT2D eigenvalue weighted by atomic mass is 32.1. The number of thiocarbonyl (C=S) groups is 1. The van der Waals surface area contributed by atoms with Gasteiger partial charge in [0.25, 0.3) is 0 Å². The van der Waals surface area contributed by atoms with Gasteiger partial charge in [-0.1, -0.05) is 6.07 Å². The van der Waals surface area contributed by atoms with Crippen molar-refractivity contribution in [2.75, 3.05) is 13.7 Å². The van der Waals surface area contributed by atoms with Gasteiger partial charge in [0.15, 0.2) is 5.11 Å². The lowest BCUT2D eigenvalue weighted by Gasteiger charge is -2.28. The molecule has 0 unspecified atom stereocenters. The fourth-order valence-electron chi connectivity index (χ4n) is 3.69. The third-order valence-corrected chi connectivity index (χ3v) is 5.41. The molecule has 1 saturated heterocycles. The lowest BCUT2D eigenvalue weighted by molar-refractivity contribution is -0.140. The van der Waals surface area contributed by atoms with Gasteiger partial charge in [0, 0.05) is 24.6 Å². The van der Waals surface area contributed by atoms with Crippen molar-refractivity contribution in [2.45, 2.75) is 25.0 Å². The van der Waals surface area contributed by atoms with Gasteiger partial charge in [-0.15, -0.1) is 0 Å². The Labute approximate surface area is 174 Å². The van der Waals surface area contributed by atoms with E-state index in [1.54, 1.807) is 12.5 Å². The van der Waals surface area contributed by atoms with Gasteiger partial charge in [-0.3, -0.25) is 9.78 Å². The molecule has 3 aromatic heterocycles. The zero-order chi connectivity index (χ0) is 20.2. The molecule has 7 nitrogen and oxygen atoms in total. The Bertz CT molecular complexity index is 971. The van der Waals surface area contributed by atoms with Crippen LogP contribution in [0.5, 0.6) is 0 Å². The molecule has 0 spiro atoms. The first kappa shape index (κ1) is 19.2. The molecule has 0 amide bonds. The third-order valence-electron chi connectivity index (χ3n) is 5.06. The standard InChI is InChI=1S/C21H22N4O3S/c1-27-18(26)9-12-25-20(19(23-21(25)29)16-7-2-3-10-22-16)17-8-4-11-24(17)14-15-6-5-13-28-15/h2-8,10-11,13,19-20H,9,12,14H2,1H3,(H,23,29)/t19-,20+/m0/s1. The van der Waals surface area contributed by atoms with Crippen LogP contribution in [0.15, 0.2) is 65.5 Å². The second-order valence-electron chi connectivity index (χ2n) is 6.79. The summed E-state index contributed by atoms with van der Waals surface area (Å²) >= 11 is 5.62. The van der Waals surface area contributed by atoms with Crippen LogP contribution in [0.25, 0.3) is 0 Å². The summed E-state index contributed by atoms with van der Waals surface area (Å²) in [6, 6.07) is 13.5. The van der Waals surface area contributed by atoms with Crippen molar-refractivity contribution in [1.29, 1.82) is 0 Å². The highest BCUT2D eigenvalue weighted by Gasteiger charge is 2.41. The largest absolute Gasteiger partial charge is 0.469 e. The number of methoxy groups -OCH3 is 1. The summed E-state index contributed by atoms with van der Waals surface area (Å²) in [7, 11) is 1.39. The minimum atomic E-state index is -0.265. The van der Waals surface area contributed by atoms with E-state index in [9.17, 15) is 4.79 Å². The number of hydrogen-bond donors (Lipinski definition) is 1. The normalized spacial score (nSPS) is 18.7. The van der Waals surface area contributed by atoms with E-state index < -0.39 is 0 Å². The summed E-state index contributed by atoms with van der Waals surface area (Å²) in [5.41, 5.74) is 1.96. The maximum Gasteiger partial charge on any atom is 0.307 e. The molecular formula is C21H22N4O3S. The van der Waals surface area contributed by atoms with Gasteiger partial charge in [0.1, 0.15) is 5.76 Å². The number of ether oxygens (including phenoxy) is 1. The first-order chi connectivity index (χ1) is 14.2. The lowest BCUT2D eigenvalue weighted by Crippen LogP contribution is -2.32. The Morgan fingerprint density at radius 3 is 2.90 bits per heavy atom. The molecule has 29 heavy (non-hydrogen) atoms. The Hall–Kier alpha value is -3.13. The number of nitrogens with one attached hydrogen (secondary N) is 1. The molecule has 0 bridgehead atoms. The molecule has 1 N–H and O–H groups in total. The van der Waals surface area contributed by atoms with Crippen molar-refractivity contribution in [3.05, 3.63) is 78.3 Å². The average Bonchev–Trinajstić information content (AvgIpc) is 3.48. The monoisotopic (exact) mass is 410 g/mol. The summed E-state index contributed by atoms with van der Waals surface area (Å²) in [6.07, 6.45) is 5.72. The summed E-state index contributed by atoms with van der Waals surface area (Å²) in [4.78, 5) is 18.3. The number of nitrogens with zero attached hydrogens (tertiary/aromatic N) is 3. The van der Waals surface area contributed by atoms with Crippen LogP contribution in [0, 0.1) is 0 Å². The molecular weight excluding hydrogens is 388 g/mol. The molecule has 0 saturated carbocycles. The third kappa shape index (κ3) is 4.02. The maximum atomic E-state index is 11.8. The van der Waals surface area contributed by atoms with Gasteiger partial charge in [-0.2, -0.15) is 0 Å². The molecule has 4 heterocycles. The van der Waals surface area contributed by atoms with Gasteiger partial charge in [-0.05, 0) is 48.6 Å². The van der Waals surface area contributed by atoms with Gasteiger partial charge in [0.2, 0.25) is 0 Å². The molecule has 150 valence electrons. The summed E-state index contributed by atoms with van der Waals surface area (Å²) < 4.78 is 12.5. The van der Waals surface area contributed by atoms with Crippen molar-refractivity contribution in [3.63, 3.8) is 0 Å². The number of hydrogen-bond acceptors (Lipinski definition) is 5. The van der Waals surface area contributed by atoms with Crippen molar-refractivity contribution >= 4 is 23.3 Å². The van der Waals surface area contributed by atoms with E-state index in [0.717, 1.165) is 17.1 Å². The van der Waals surface area contributed by atoms with Gasteiger partial charge < -0.3 is 23.9 Å². The Morgan fingerprint density at radius 2 is 2.17 bits per heavy atom. The Balaban J connectivity index is 1.69. The van der Waals surface area contributed by atoms with Gasteiger partial charge in [0.05, 0.1) is 44.1 Å². The zero-order valence-electron chi connectivity index (χ0n) is 16.0. The summed E-state index contributed by atoms with van der Waals surface area (Å²) in [5, 5.41) is 3.99. The van der Waals surface area contributed by atoms with Crippen LogP contribution >= 0.6 is 12.2 Å². The van der Waals surface area contributed by atoms with Crippen LogP contribution in [0.2, 0.25) is 0 Å². The number of carbonyl (C=O) groups excluding carboxylic acids is 1. The molecule has 8 heteroatoms. The van der Waals surface area contributed by atoms with E-state index in [0.29, 0.717) is 18.2 Å². The molecule has 0 aliphatic carbocycles. The molecule has 2 atom stereocenters. The first-order valence-electron chi connectivity index (χ1n) is 9.39. The SMILES string of the molecule is COC(=O)CCN1C(=S)N[C@@H](c2ccccn2)[C@H]1c1cccn1Cc1ccco1. The fourth-order valence-corrected chi connectivity index (χ4v) is 4.02. The number of aromatic nitrogens is 2. The molecule has 1 aliphatic heterocycles.